The number of aromatic nitrogens is 4. The van der Waals surface area contributed by atoms with Gasteiger partial charge in [-0.2, -0.15) is 0 Å². The molecule has 1 amide bonds. The molecule has 1 aromatic carbocycles. The van der Waals surface area contributed by atoms with Crippen LogP contribution >= 0.6 is 24.0 Å². The molecular weight excluding hydrogens is 454 g/mol. The Morgan fingerprint density at radius 2 is 1.84 bits per heavy atom. The van der Waals surface area contributed by atoms with Gasteiger partial charge < -0.3 is 9.67 Å². The van der Waals surface area contributed by atoms with E-state index in [0.717, 1.165) is 32.4 Å². The van der Waals surface area contributed by atoms with E-state index in [0.29, 0.717) is 22.6 Å². The van der Waals surface area contributed by atoms with Gasteiger partial charge in [0.1, 0.15) is 10.9 Å². The lowest BCUT2D eigenvalue weighted by Gasteiger charge is -2.10. The topological polar surface area (TPSA) is 119 Å². The summed E-state index contributed by atoms with van der Waals surface area (Å²) >= 11 is 6.16. The Morgan fingerprint density at radius 1 is 1.16 bits per heavy atom. The van der Waals surface area contributed by atoms with Gasteiger partial charge in [0.15, 0.2) is 11.2 Å². The van der Waals surface area contributed by atoms with Crippen molar-refractivity contribution in [1.29, 1.82) is 0 Å². The fourth-order valence-corrected chi connectivity index (χ4v) is 4.61. The molecule has 0 saturated carbocycles. The molecule has 3 aromatic rings. The summed E-state index contributed by atoms with van der Waals surface area (Å²) in [6, 6.07) is 7.32. The number of amides is 1. The number of carbonyl (C=O) groups excluding carboxylic acids is 1. The zero-order valence-electron chi connectivity index (χ0n) is 17.0. The van der Waals surface area contributed by atoms with Gasteiger partial charge in [-0.1, -0.05) is 48.2 Å². The first-order valence-electron chi connectivity index (χ1n) is 9.34. The minimum atomic E-state index is -1.13. The van der Waals surface area contributed by atoms with Crippen LogP contribution in [-0.4, -0.2) is 51.4 Å². The molecule has 3 heterocycles. The summed E-state index contributed by atoms with van der Waals surface area (Å²) in [5.41, 5.74) is 1.43. The van der Waals surface area contributed by atoms with Gasteiger partial charge in [0.05, 0.1) is 11.2 Å². The smallest absolute Gasteiger partial charge is 0.332 e. The lowest BCUT2D eigenvalue weighted by atomic mass is 10.1. The molecule has 0 atom stereocenters. The molecule has 2 aromatic heterocycles. The Bertz CT molecular complexity index is 1430. The van der Waals surface area contributed by atoms with Crippen LogP contribution in [0.3, 0.4) is 0 Å². The van der Waals surface area contributed by atoms with Crippen molar-refractivity contribution in [2.45, 2.75) is 6.54 Å². The molecule has 10 nitrogen and oxygen atoms in total. The number of rotatable bonds is 5. The van der Waals surface area contributed by atoms with Gasteiger partial charge in [0, 0.05) is 20.6 Å². The van der Waals surface area contributed by atoms with Crippen LogP contribution in [0.25, 0.3) is 17.2 Å². The molecule has 0 radical (unpaired) electrons. The van der Waals surface area contributed by atoms with E-state index in [2.05, 4.69) is 4.98 Å². The van der Waals surface area contributed by atoms with Crippen LogP contribution in [0.2, 0.25) is 0 Å². The number of imidazole rings is 1. The van der Waals surface area contributed by atoms with Crippen molar-refractivity contribution in [3.05, 3.63) is 67.5 Å². The van der Waals surface area contributed by atoms with E-state index in [-0.39, 0.29) is 4.32 Å². The maximum Gasteiger partial charge on any atom is 0.332 e. The third kappa shape index (κ3) is 3.78. The van der Waals surface area contributed by atoms with E-state index in [1.807, 2.05) is 24.3 Å². The molecule has 0 bridgehead atoms. The Morgan fingerprint density at radius 3 is 2.50 bits per heavy atom. The molecule has 0 spiro atoms. The minimum Gasteiger partial charge on any atom is -0.480 e. The third-order valence-electron chi connectivity index (χ3n) is 5.01. The second-order valence-electron chi connectivity index (χ2n) is 7.15. The predicted octanol–water partition coefficient (Wildman–Crippen LogP) is 0.768. The fraction of sp³-hybridized carbons (Fsp3) is 0.200. The lowest BCUT2D eigenvalue weighted by molar-refractivity contribution is -0.140. The third-order valence-corrected chi connectivity index (χ3v) is 6.39. The predicted molar refractivity (Wildman–Crippen MR) is 123 cm³/mol. The van der Waals surface area contributed by atoms with E-state index in [9.17, 15) is 19.2 Å². The van der Waals surface area contributed by atoms with E-state index in [1.54, 1.807) is 17.7 Å². The fourth-order valence-electron chi connectivity index (χ4n) is 3.36. The van der Waals surface area contributed by atoms with E-state index in [1.165, 1.54) is 17.9 Å². The Balaban J connectivity index is 1.58. The van der Waals surface area contributed by atoms with Crippen molar-refractivity contribution >= 4 is 57.4 Å². The standard InChI is InChI=1S/C20H17N5O5S2/c1-22-16-15(18(29)23(2)19(22)30)24(10-21-16)8-12-5-3-11(4-6-12)7-13-17(28)25(9-14(26)27)20(31)32-13/h3-7,10H,8-9H2,1-2H3,(H,26,27)/b13-7-. The molecule has 0 aliphatic carbocycles. The number of aliphatic carboxylic acids is 1. The van der Waals surface area contributed by atoms with Gasteiger partial charge in [-0.15, -0.1) is 0 Å². The van der Waals surface area contributed by atoms with Crippen LogP contribution in [-0.2, 0) is 30.2 Å². The highest BCUT2D eigenvalue weighted by molar-refractivity contribution is 8.26. The lowest BCUT2D eigenvalue weighted by Crippen LogP contribution is -2.37. The first-order chi connectivity index (χ1) is 15.2. The van der Waals surface area contributed by atoms with Gasteiger partial charge in [-0.05, 0) is 17.2 Å². The summed E-state index contributed by atoms with van der Waals surface area (Å²) in [4.78, 5) is 53.6. The van der Waals surface area contributed by atoms with Gasteiger partial charge in [-0.3, -0.25) is 28.4 Å². The Hall–Kier alpha value is -3.51. The Kier molecular flexibility index (Phi) is 5.57. The minimum absolute atomic E-state index is 0.211. The number of hydrogen-bond donors (Lipinski definition) is 1. The average molecular weight is 472 g/mol. The number of aryl methyl sites for hydroxylation is 1. The summed E-state index contributed by atoms with van der Waals surface area (Å²) in [6.45, 7) is -0.101. The summed E-state index contributed by atoms with van der Waals surface area (Å²) in [6.07, 6.45) is 3.18. The highest BCUT2D eigenvalue weighted by atomic mass is 32.2. The maximum atomic E-state index is 12.6. The largest absolute Gasteiger partial charge is 0.480 e. The molecule has 1 fully saturated rings. The highest BCUT2D eigenvalue weighted by Gasteiger charge is 2.33. The number of hydrogen-bond acceptors (Lipinski definition) is 7. The van der Waals surface area contributed by atoms with Crippen LogP contribution in [0.5, 0.6) is 0 Å². The molecule has 0 unspecified atom stereocenters. The van der Waals surface area contributed by atoms with Crippen molar-refractivity contribution in [2.75, 3.05) is 6.54 Å². The first kappa shape index (κ1) is 21.7. The molecular formula is C20H17N5O5S2. The SMILES string of the molecule is Cn1c(=O)c2c(ncn2Cc2ccc(/C=C3\SC(=S)N(CC(=O)O)C3=O)cc2)n(C)c1=O. The van der Waals surface area contributed by atoms with E-state index in [4.69, 9.17) is 17.3 Å². The zero-order chi connectivity index (χ0) is 23.2. The van der Waals surface area contributed by atoms with Crippen LogP contribution in [0.4, 0.5) is 0 Å². The molecule has 32 heavy (non-hydrogen) atoms. The van der Waals surface area contributed by atoms with E-state index < -0.39 is 29.7 Å². The molecule has 164 valence electrons. The number of benzene rings is 1. The van der Waals surface area contributed by atoms with Crippen molar-refractivity contribution in [2.24, 2.45) is 14.1 Å². The zero-order valence-corrected chi connectivity index (χ0v) is 18.6. The normalized spacial score (nSPS) is 15.3. The summed E-state index contributed by atoms with van der Waals surface area (Å²) < 4.78 is 4.27. The summed E-state index contributed by atoms with van der Waals surface area (Å²) in [7, 11) is 2.99. The Labute approximate surface area is 190 Å². The second kappa shape index (κ2) is 8.20. The number of carbonyl (C=O) groups is 2. The number of fused-ring (bicyclic) bond motifs is 1. The van der Waals surface area contributed by atoms with Crippen LogP contribution in [0.1, 0.15) is 11.1 Å². The molecule has 1 N–H and O–H groups in total. The molecule has 1 saturated heterocycles. The van der Waals surface area contributed by atoms with Gasteiger partial charge >= 0.3 is 11.7 Å². The number of thioether (sulfide) groups is 1. The number of thiocarbonyl (C=S) groups is 1. The van der Waals surface area contributed by atoms with Gasteiger partial charge in [0.2, 0.25) is 0 Å². The quantitative estimate of drug-likeness (QED) is 0.428. The molecule has 1 aliphatic rings. The first-order valence-corrected chi connectivity index (χ1v) is 10.6. The monoisotopic (exact) mass is 471 g/mol. The van der Waals surface area contributed by atoms with Crippen molar-refractivity contribution < 1.29 is 14.7 Å². The van der Waals surface area contributed by atoms with Crippen LogP contribution < -0.4 is 11.2 Å². The second-order valence-corrected chi connectivity index (χ2v) is 8.83. The maximum absolute atomic E-state index is 12.6. The summed E-state index contributed by atoms with van der Waals surface area (Å²) in [5.74, 6) is -1.56. The average Bonchev–Trinajstić information content (AvgIpc) is 3.28. The summed E-state index contributed by atoms with van der Waals surface area (Å²) in [5, 5.41) is 8.92. The number of carboxylic acid groups (broad SMARTS) is 1. The molecule has 4 rings (SSSR count). The van der Waals surface area contributed by atoms with Gasteiger partial charge in [0.25, 0.3) is 11.5 Å². The van der Waals surface area contributed by atoms with Crippen molar-refractivity contribution in [3.8, 4) is 0 Å². The van der Waals surface area contributed by atoms with Crippen molar-refractivity contribution in [1.82, 2.24) is 23.6 Å². The molecule has 1 aliphatic heterocycles. The van der Waals surface area contributed by atoms with Crippen LogP contribution in [0, 0.1) is 0 Å². The van der Waals surface area contributed by atoms with Crippen molar-refractivity contribution in [3.63, 3.8) is 0 Å². The highest BCUT2D eigenvalue weighted by Crippen LogP contribution is 2.32. The molecule has 12 heteroatoms. The number of nitrogens with zero attached hydrogens (tertiary/aromatic N) is 5. The number of carboxylic acids is 1. The van der Waals surface area contributed by atoms with Crippen LogP contribution in [0.15, 0.2) is 45.1 Å². The van der Waals surface area contributed by atoms with E-state index >= 15 is 0 Å². The van der Waals surface area contributed by atoms with Gasteiger partial charge in [-0.25, -0.2) is 9.78 Å².